The van der Waals surface area contributed by atoms with Crippen LogP contribution in [0.5, 0.6) is 5.88 Å². The SMILES string of the molecule is CC(=O)Nc1cc(OCCCO)ncn1. The van der Waals surface area contributed by atoms with E-state index in [-0.39, 0.29) is 12.5 Å². The lowest BCUT2D eigenvalue weighted by atomic mass is 10.5. The number of carbonyl (C=O) groups excluding carboxylic acids is 1. The molecule has 0 spiro atoms. The van der Waals surface area contributed by atoms with Crippen molar-refractivity contribution in [3.05, 3.63) is 12.4 Å². The van der Waals surface area contributed by atoms with Crippen LogP contribution in [0.15, 0.2) is 12.4 Å². The maximum absolute atomic E-state index is 10.7. The van der Waals surface area contributed by atoms with Crippen molar-refractivity contribution in [2.24, 2.45) is 0 Å². The van der Waals surface area contributed by atoms with Gasteiger partial charge in [0.05, 0.1) is 6.61 Å². The van der Waals surface area contributed by atoms with E-state index in [0.717, 1.165) is 0 Å². The van der Waals surface area contributed by atoms with Gasteiger partial charge in [-0.2, -0.15) is 0 Å². The zero-order chi connectivity index (χ0) is 11.1. The summed E-state index contributed by atoms with van der Waals surface area (Å²) >= 11 is 0. The van der Waals surface area contributed by atoms with Crippen LogP contribution in [0.2, 0.25) is 0 Å². The minimum atomic E-state index is -0.199. The maximum Gasteiger partial charge on any atom is 0.222 e. The summed E-state index contributed by atoms with van der Waals surface area (Å²) in [5, 5.41) is 11.1. The topological polar surface area (TPSA) is 84.3 Å². The molecule has 0 atom stereocenters. The van der Waals surface area contributed by atoms with Crippen LogP contribution >= 0.6 is 0 Å². The second-order valence-corrected chi connectivity index (χ2v) is 2.85. The van der Waals surface area contributed by atoms with Crippen LogP contribution < -0.4 is 10.1 Å². The monoisotopic (exact) mass is 211 g/mol. The first-order chi connectivity index (χ1) is 7.22. The van der Waals surface area contributed by atoms with E-state index in [4.69, 9.17) is 9.84 Å². The van der Waals surface area contributed by atoms with Gasteiger partial charge in [-0.1, -0.05) is 0 Å². The van der Waals surface area contributed by atoms with Crippen molar-refractivity contribution in [2.45, 2.75) is 13.3 Å². The molecule has 15 heavy (non-hydrogen) atoms. The summed E-state index contributed by atoms with van der Waals surface area (Å²) in [5.74, 6) is 0.578. The van der Waals surface area contributed by atoms with Crippen molar-refractivity contribution in [3.8, 4) is 5.88 Å². The van der Waals surface area contributed by atoms with E-state index in [2.05, 4.69) is 15.3 Å². The molecule has 0 saturated carbocycles. The Morgan fingerprint density at radius 2 is 2.40 bits per heavy atom. The number of anilines is 1. The van der Waals surface area contributed by atoms with Gasteiger partial charge in [0.15, 0.2) is 0 Å². The molecule has 0 aliphatic rings. The fraction of sp³-hybridized carbons (Fsp3) is 0.444. The van der Waals surface area contributed by atoms with E-state index in [1.807, 2.05) is 0 Å². The number of amides is 1. The van der Waals surface area contributed by atoms with Gasteiger partial charge in [0.25, 0.3) is 0 Å². The number of hydrogen-bond donors (Lipinski definition) is 2. The third kappa shape index (κ3) is 4.37. The Labute approximate surface area is 87.3 Å². The lowest BCUT2D eigenvalue weighted by molar-refractivity contribution is -0.114. The Hall–Kier alpha value is -1.69. The fourth-order valence-corrected chi connectivity index (χ4v) is 0.908. The zero-order valence-corrected chi connectivity index (χ0v) is 8.43. The molecule has 0 unspecified atom stereocenters. The number of nitrogens with zero attached hydrogens (tertiary/aromatic N) is 2. The lowest BCUT2D eigenvalue weighted by Gasteiger charge is -2.05. The predicted octanol–water partition coefficient (Wildman–Crippen LogP) is 0.196. The van der Waals surface area contributed by atoms with E-state index in [9.17, 15) is 4.79 Å². The molecule has 0 fully saturated rings. The number of nitrogens with one attached hydrogen (secondary N) is 1. The summed E-state index contributed by atoms with van der Waals surface area (Å²) in [4.78, 5) is 18.4. The van der Waals surface area contributed by atoms with Crippen LogP contribution in [0.25, 0.3) is 0 Å². The van der Waals surface area contributed by atoms with E-state index in [1.54, 1.807) is 0 Å². The molecule has 0 bridgehead atoms. The van der Waals surface area contributed by atoms with Gasteiger partial charge in [-0.3, -0.25) is 4.79 Å². The highest BCUT2D eigenvalue weighted by atomic mass is 16.5. The summed E-state index contributed by atoms with van der Waals surface area (Å²) in [6.07, 6.45) is 1.85. The zero-order valence-electron chi connectivity index (χ0n) is 8.43. The fourth-order valence-electron chi connectivity index (χ4n) is 0.908. The Morgan fingerprint density at radius 3 is 3.07 bits per heavy atom. The average molecular weight is 211 g/mol. The van der Waals surface area contributed by atoms with Crippen LogP contribution in [-0.2, 0) is 4.79 Å². The molecule has 0 aromatic carbocycles. The summed E-state index contributed by atoms with van der Waals surface area (Å²) < 4.78 is 5.21. The predicted molar refractivity (Wildman–Crippen MR) is 53.5 cm³/mol. The van der Waals surface area contributed by atoms with E-state index < -0.39 is 0 Å². The Balaban J connectivity index is 2.53. The molecule has 6 heteroatoms. The molecule has 1 aromatic rings. The number of aliphatic hydroxyl groups is 1. The number of ether oxygens (including phenoxy) is 1. The highest BCUT2D eigenvalue weighted by Crippen LogP contribution is 2.10. The third-order valence-corrected chi connectivity index (χ3v) is 1.50. The molecule has 6 nitrogen and oxygen atoms in total. The van der Waals surface area contributed by atoms with Crippen LogP contribution in [0.3, 0.4) is 0 Å². The molecule has 0 radical (unpaired) electrons. The molecule has 0 saturated heterocycles. The second kappa shape index (κ2) is 5.92. The molecule has 0 aliphatic heterocycles. The van der Waals surface area contributed by atoms with Gasteiger partial charge in [-0.05, 0) is 0 Å². The third-order valence-electron chi connectivity index (χ3n) is 1.50. The van der Waals surface area contributed by atoms with Crippen molar-refractivity contribution in [3.63, 3.8) is 0 Å². The van der Waals surface area contributed by atoms with E-state index in [0.29, 0.717) is 24.7 Å². The Bertz CT molecular complexity index is 330. The number of rotatable bonds is 5. The molecule has 1 rings (SSSR count). The highest BCUT2D eigenvalue weighted by molar-refractivity contribution is 5.87. The molecule has 1 heterocycles. The lowest BCUT2D eigenvalue weighted by Crippen LogP contribution is -2.08. The van der Waals surface area contributed by atoms with Gasteiger partial charge >= 0.3 is 0 Å². The quantitative estimate of drug-likeness (QED) is 0.679. The van der Waals surface area contributed by atoms with Crippen LogP contribution in [0.1, 0.15) is 13.3 Å². The van der Waals surface area contributed by atoms with Gasteiger partial charge < -0.3 is 15.2 Å². The molecule has 1 aromatic heterocycles. The van der Waals surface area contributed by atoms with Crippen molar-refractivity contribution in [2.75, 3.05) is 18.5 Å². The first kappa shape index (κ1) is 11.4. The molecule has 1 amide bonds. The number of hydrogen-bond acceptors (Lipinski definition) is 5. The molecular formula is C9H13N3O3. The Morgan fingerprint density at radius 1 is 1.60 bits per heavy atom. The maximum atomic E-state index is 10.7. The average Bonchev–Trinajstić information content (AvgIpc) is 2.18. The van der Waals surface area contributed by atoms with Gasteiger partial charge in [0.1, 0.15) is 12.1 Å². The summed E-state index contributed by atoms with van der Waals surface area (Å²) in [5.41, 5.74) is 0. The highest BCUT2D eigenvalue weighted by Gasteiger charge is 2.00. The molecule has 82 valence electrons. The summed E-state index contributed by atoms with van der Waals surface area (Å²) in [6, 6.07) is 1.53. The largest absolute Gasteiger partial charge is 0.477 e. The summed E-state index contributed by atoms with van der Waals surface area (Å²) in [6.45, 7) is 1.85. The standard InChI is InChI=1S/C9H13N3O3/c1-7(14)12-8-5-9(11-6-10-8)15-4-2-3-13/h5-6,13H,2-4H2,1H3,(H,10,11,12,14). The van der Waals surface area contributed by atoms with Crippen molar-refractivity contribution in [1.82, 2.24) is 9.97 Å². The molecule has 0 aliphatic carbocycles. The van der Waals surface area contributed by atoms with Crippen LogP contribution in [0, 0.1) is 0 Å². The van der Waals surface area contributed by atoms with Gasteiger partial charge in [-0.15, -0.1) is 0 Å². The second-order valence-electron chi connectivity index (χ2n) is 2.85. The van der Waals surface area contributed by atoms with Crippen molar-refractivity contribution < 1.29 is 14.6 Å². The molecular weight excluding hydrogens is 198 g/mol. The Kier molecular flexibility index (Phi) is 4.49. The minimum absolute atomic E-state index is 0.0731. The van der Waals surface area contributed by atoms with E-state index >= 15 is 0 Å². The summed E-state index contributed by atoms with van der Waals surface area (Å²) in [7, 11) is 0. The van der Waals surface area contributed by atoms with Gasteiger partial charge in [0.2, 0.25) is 11.8 Å². The first-order valence-electron chi connectivity index (χ1n) is 4.55. The van der Waals surface area contributed by atoms with Gasteiger partial charge in [-0.25, -0.2) is 9.97 Å². The van der Waals surface area contributed by atoms with Crippen molar-refractivity contribution in [1.29, 1.82) is 0 Å². The minimum Gasteiger partial charge on any atom is -0.477 e. The smallest absolute Gasteiger partial charge is 0.222 e. The molecule has 2 N–H and O–H groups in total. The number of aromatic nitrogens is 2. The van der Waals surface area contributed by atoms with Crippen molar-refractivity contribution >= 4 is 11.7 Å². The van der Waals surface area contributed by atoms with Gasteiger partial charge in [0, 0.05) is 26.0 Å². The van der Waals surface area contributed by atoms with Crippen LogP contribution in [0.4, 0.5) is 5.82 Å². The number of carbonyl (C=O) groups is 1. The normalized spacial score (nSPS) is 9.73. The van der Waals surface area contributed by atoms with Crippen LogP contribution in [-0.4, -0.2) is 34.2 Å². The number of aliphatic hydroxyl groups excluding tert-OH is 1. The first-order valence-corrected chi connectivity index (χ1v) is 4.55. The van der Waals surface area contributed by atoms with E-state index in [1.165, 1.54) is 19.3 Å².